The van der Waals surface area contributed by atoms with Crippen LogP contribution in [0.4, 0.5) is 0 Å². The summed E-state index contributed by atoms with van der Waals surface area (Å²) in [6, 6.07) is 10.7. The molecular formula is C19H22BrN3S2. The van der Waals surface area contributed by atoms with Crippen LogP contribution in [0.15, 0.2) is 45.3 Å². The largest absolute Gasteiger partial charge is 0.302 e. The van der Waals surface area contributed by atoms with Crippen LogP contribution in [0.2, 0.25) is 0 Å². The summed E-state index contributed by atoms with van der Waals surface area (Å²) in [5, 5.41) is 12.2. The maximum Gasteiger partial charge on any atom is 0.191 e. The third-order valence-corrected chi connectivity index (χ3v) is 6.36. The van der Waals surface area contributed by atoms with Gasteiger partial charge >= 0.3 is 0 Å². The molecule has 0 amide bonds. The average Bonchev–Trinajstić information content (AvgIpc) is 3.21. The molecular weight excluding hydrogens is 414 g/mol. The zero-order chi connectivity index (χ0) is 17.6. The molecule has 0 fully saturated rings. The van der Waals surface area contributed by atoms with E-state index in [0.717, 1.165) is 40.6 Å². The first kappa shape index (κ1) is 18.7. The van der Waals surface area contributed by atoms with E-state index < -0.39 is 0 Å². The minimum absolute atomic E-state index is 0.895. The van der Waals surface area contributed by atoms with E-state index in [1.165, 1.54) is 22.4 Å². The summed E-state index contributed by atoms with van der Waals surface area (Å²) in [5.41, 5.74) is 2.48. The molecule has 0 N–H and O–H groups in total. The van der Waals surface area contributed by atoms with Crippen molar-refractivity contribution in [3.05, 3.63) is 50.6 Å². The van der Waals surface area contributed by atoms with Crippen molar-refractivity contribution >= 4 is 39.0 Å². The summed E-state index contributed by atoms with van der Waals surface area (Å²) in [6.07, 6.45) is 3.38. The molecule has 0 bridgehead atoms. The summed E-state index contributed by atoms with van der Waals surface area (Å²) < 4.78 is 3.38. The summed E-state index contributed by atoms with van der Waals surface area (Å²) >= 11 is 7.11. The van der Waals surface area contributed by atoms with Crippen molar-refractivity contribution < 1.29 is 0 Å². The number of benzene rings is 1. The highest BCUT2D eigenvalue weighted by Gasteiger charge is 2.15. The van der Waals surface area contributed by atoms with E-state index in [1.807, 2.05) is 11.3 Å². The second-order valence-electron chi connectivity index (χ2n) is 5.93. The van der Waals surface area contributed by atoms with E-state index >= 15 is 0 Å². The Balaban J connectivity index is 1.81. The third-order valence-electron chi connectivity index (χ3n) is 3.83. The van der Waals surface area contributed by atoms with E-state index in [-0.39, 0.29) is 0 Å². The summed E-state index contributed by atoms with van der Waals surface area (Å²) in [5.74, 6) is 1.89. The molecule has 25 heavy (non-hydrogen) atoms. The maximum absolute atomic E-state index is 4.50. The number of thiophene rings is 1. The lowest BCUT2D eigenvalue weighted by Gasteiger charge is -2.08. The fraction of sp³-hybridized carbons (Fsp3) is 0.368. The van der Waals surface area contributed by atoms with Crippen molar-refractivity contribution in [3.63, 3.8) is 0 Å². The van der Waals surface area contributed by atoms with Crippen LogP contribution in [0.1, 0.15) is 37.1 Å². The van der Waals surface area contributed by atoms with E-state index in [2.05, 4.69) is 80.3 Å². The molecule has 2 aromatic heterocycles. The predicted octanol–water partition coefficient (Wildman–Crippen LogP) is 6.42. The predicted molar refractivity (Wildman–Crippen MR) is 111 cm³/mol. The monoisotopic (exact) mass is 435 g/mol. The Hall–Kier alpha value is -1.11. The first-order chi connectivity index (χ1) is 12.2. The smallest absolute Gasteiger partial charge is 0.191 e. The number of nitrogens with zero attached hydrogens (tertiary/aromatic N) is 3. The lowest BCUT2D eigenvalue weighted by molar-refractivity contribution is 0.626. The van der Waals surface area contributed by atoms with Crippen molar-refractivity contribution in [1.29, 1.82) is 0 Å². The summed E-state index contributed by atoms with van der Waals surface area (Å²) in [4.78, 5) is 1.42. The van der Waals surface area contributed by atoms with Gasteiger partial charge in [-0.2, -0.15) is 0 Å². The van der Waals surface area contributed by atoms with Gasteiger partial charge in [0.2, 0.25) is 0 Å². The molecule has 6 heteroatoms. The molecule has 3 aromatic rings. The van der Waals surface area contributed by atoms with E-state index in [9.17, 15) is 0 Å². The van der Waals surface area contributed by atoms with Gasteiger partial charge in [-0.05, 0) is 36.6 Å². The van der Waals surface area contributed by atoms with Gasteiger partial charge in [-0.1, -0.05) is 60.1 Å². The van der Waals surface area contributed by atoms with Crippen LogP contribution in [0.5, 0.6) is 0 Å². The van der Waals surface area contributed by atoms with Crippen molar-refractivity contribution in [2.75, 3.05) is 0 Å². The molecule has 0 saturated heterocycles. The van der Waals surface area contributed by atoms with Gasteiger partial charge in [-0.15, -0.1) is 21.5 Å². The second-order valence-corrected chi connectivity index (χ2v) is 8.78. The van der Waals surface area contributed by atoms with Gasteiger partial charge in [0.1, 0.15) is 0 Å². The van der Waals surface area contributed by atoms with Gasteiger partial charge in [0.05, 0.1) is 0 Å². The highest BCUT2D eigenvalue weighted by Crippen LogP contribution is 2.30. The first-order valence-electron chi connectivity index (χ1n) is 8.59. The maximum atomic E-state index is 4.50. The highest BCUT2D eigenvalue weighted by atomic mass is 79.9. The zero-order valence-electron chi connectivity index (χ0n) is 14.5. The van der Waals surface area contributed by atoms with Crippen LogP contribution >= 0.6 is 39.0 Å². The van der Waals surface area contributed by atoms with Crippen LogP contribution < -0.4 is 0 Å². The minimum Gasteiger partial charge on any atom is -0.302 e. The Kier molecular flexibility index (Phi) is 6.73. The molecule has 132 valence electrons. The molecule has 1 aromatic carbocycles. The normalized spacial score (nSPS) is 11.2. The van der Waals surface area contributed by atoms with E-state index in [4.69, 9.17) is 0 Å². The number of halogens is 1. The van der Waals surface area contributed by atoms with Crippen LogP contribution in [-0.2, 0) is 18.7 Å². The molecule has 2 heterocycles. The van der Waals surface area contributed by atoms with Gasteiger partial charge in [0.15, 0.2) is 11.0 Å². The number of aryl methyl sites for hydroxylation is 1. The fourth-order valence-electron chi connectivity index (χ4n) is 2.68. The minimum atomic E-state index is 0.895. The van der Waals surface area contributed by atoms with Crippen LogP contribution in [-0.4, -0.2) is 14.8 Å². The molecule has 0 aliphatic rings. The SMILES string of the molecule is CCCc1cc(-c2nnc(SCc3cccc(Br)c3)n2CCC)cs1. The zero-order valence-corrected chi connectivity index (χ0v) is 17.8. The molecule has 0 aliphatic heterocycles. The number of aromatic nitrogens is 3. The second kappa shape index (κ2) is 9.01. The van der Waals surface area contributed by atoms with Gasteiger partial charge in [0.25, 0.3) is 0 Å². The van der Waals surface area contributed by atoms with Gasteiger partial charge in [-0.3, -0.25) is 0 Å². The average molecular weight is 436 g/mol. The first-order valence-corrected chi connectivity index (χ1v) is 11.2. The molecule has 0 spiro atoms. The van der Waals surface area contributed by atoms with Gasteiger partial charge in [0, 0.05) is 32.6 Å². The van der Waals surface area contributed by atoms with Crippen molar-refractivity contribution in [2.24, 2.45) is 0 Å². The molecule has 0 saturated carbocycles. The summed E-state index contributed by atoms with van der Waals surface area (Å²) in [6.45, 7) is 5.36. The summed E-state index contributed by atoms with van der Waals surface area (Å²) in [7, 11) is 0. The standard InChI is InChI=1S/C19H22BrN3S2/c1-3-6-17-11-15(13-24-17)18-21-22-19(23(18)9-4-2)25-12-14-7-5-8-16(20)10-14/h5,7-8,10-11,13H,3-4,6,9,12H2,1-2H3. The molecule has 3 rings (SSSR count). The van der Waals surface area contributed by atoms with E-state index in [1.54, 1.807) is 11.8 Å². The van der Waals surface area contributed by atoms with Crippen LogP contribution in [0, 0.1) is 0 Å². The Labute approximate surface area is 166 Å². The Bertz CT molecular complexity index is 826. The van der Waals surface area contributed by atoms with Crippen LogP contribution in [0.25, 0.3) is 11.4 Å². The lowest BCUT2D eigenvalue weighted by Crippen LogP contribution is -2.01. The van der Waals surface area contributed by atoms with Crippen molar-refractivity contribution in [3.8, 4) is 11.4 Å². The van der Waals surface area contributed by atoms with Gasteiger partial charge < -0.3 is 4.57 Å². The fourth-order valence-corrected chi connectivity index (χ4v) is 5.01. The molecule has 0 radical (unpaired) electrons. The third kappa shape index (κ3) is 4.74. The lowest BCUT2D eigenvalue weighted by atomic mass is 10.2. The number of hydrogen-bond acceptors (Lipinski definition) is 4. The quantitative estimate of drug-likeness (QED) is 0.382. The van der Waals surface area contributed by atoms with Crippen molar-refractivity contribution in [1.82, 2.24) is 14.8 Å². The number of rotatable bonds is 8. The van der Waals surface area contributed by atoms with Crippen molar-refractivity contribution in [2.45, 2.75) is 50.6 Å². The Morgan fingerprint density at radius 2 is 2.04 bits per heavy atom. The molecule has 0 unspecified atom stereocenters. The number of thioether (sulfide) groups is 1. The molecule has 0 atom stereocenters. The van der Waals surface area contributed by atoms with Crippen LogP contribution in [0.3, 0.4) is 0 Å². The highest BCUT2D eigenvalue weighted by molar-refractivity contribution is 9.10. The van der Waals surface area contributed by atoms with Gasteiger partial charge in [-0.25, -0.2) is 0 Å². The molecule has 3 nitrogen and oxygen atoms in total. The van der Waals surface area contributed by atoms with E-state index in [0.29, 0.717) is 0 Å². The molecule has 0 aliphatic carbocycles. The number of hydrogen-bond donors (Lipinski definition) is 0. The Morgan fingerprint density at radius 1 is 1.16 bits per heavy atom. The topological polar surface area (TPSA) is 30.7 Å². The Morgan fingerprint density at radius 3 is 2.80 bits per heavy atom.